The quantitative estimate of drug-likeness (QED) is 0.644. The maximum Gasteiger partial charge on any atom is 0.174 e. The second kappa shape index (κ2) is 7.16. The lowest BCUT2D eigenvalue weighted by Gasteiger charge is -2.28. The largest absolute Gasteiger partial charge is 0.362 e. The van der Waals surface area contributed by atoms with Crippen molar-refractivity contribution in [1.29, 1.82) is 0 Å². The monoisotopic (exact) mass is 376 g/mol. The molecule has 27 heavy (non-hydrogen) atoms. The molecule has 5 heteroatoms. The summed E-state index contributed by atoms with van der Waals surface area (Å²) in [5, 5.41) is 4.25. The van der Waals surface area contributed by atoms with Crippen LogP contribution < -0.4 is 10.2 Å². The Labute approximate surface area is 165 Å². The molecule has 3 heterocycles. The van der Waals surface area contributed by atoms with Crippen molar-refractivity contribution < 1.29 is 0 Å². The SMILES string of the molecule is CCc1ccc(N2C(=S)NC(c3ccccn3)C2c2cc(C)[nH]c2C)cc1. The fourth-order valence-corrected chi connectivity index (χ4v) is 4.24. The van der Waals surface area contributed by atoms with Crippen LogP contribution in [0.15, 0.2) is 54.7 Å². The van der Waals surface area contributed by atoms with Crippen LogP contribution in [0.1, 0.15) is 47.2 Å². The Morgan fingerprint density at radius 3 is 2.48 bits per heavy atom. The summed E-state index contributed by atoms with van der Waals surface area (Å²) in [6, 6.07) is 17.0. The molecule has 2 atom stereocenters. The lowest BCUT2D eigenvalue weighted by molar-refractivity contribution is 0.566. The average molecular weight is 377 g/mol. The van der Waals surface area contributed by atoms with Crippen molar-refractivity contribution in [3.8, 4) is 0 Å². The molecule has 4 nitrogen and oxygen atoms in total. The summed E-state index contributed by atoms with van der Waals surface area (Å²) in [6.45, 7) is 6.38. The minimum Gasteiger partial charge on any atom is -0.362 e. The first kappa shape index (κ1) is 17.7. The molecule has 0 radical (unpaired) electrons. The molecule has 2 N–H and O–H groups in total. The number of rotatable bonds is 4. The van der Waals surface area contributed by atoms with Gasteiger partial charge in [0.25, 0.3) is 0 Å². The molecule has 2 aromatic heterocycles. The standard InChI is InChI=1S/C22H24N4S/c1-4-16-8-10-17(11-9-16)26-21(18-13-14(2)24-15(18)3)20(25-22(26)27)19-7-5-6-12-23-19/h5-13,20-21,24H,4H2,1-3H3,(H,25,27). The van der Waals surface area contributed by atoms with E-state index in [1.54, 1.807) is 0 Å². The molecule has 1 aliphatic rings. The summed E-state index contributed by atoms with van der Waals surface area (Å²) >= 11 is 5.76. The molecule has 0 amide bonds. The summed E-state index contributed by atoms with van der Waals surface area (Å²) in [7, 11) is 0. The van der Waals surface area contributed by atoms with Gasteiger partial charge in [0.2, 0.25) is 0 Å². The number of anilines is 1. The highest BCUT2D eigenvalue weighted by Crippen LogP contribution is 2.42. The minimum absolute atomic E-state index is 0.00143. The zero-order valence-corrected chi connectivity index (χ0v) is 16.7. The third kappa shape index (κ3) is 3.23. The number of aromatic nitrogens is 2. The molecule has 1 saturated heterocycles. The molecule has 4 rings (SSSR count). The van der Waals surface area contributed by atoms with Crippen LogP contribution >= 0.6 is 12.2 Å². The molecule has 2 unspecified atom stereocenters. The Bertz CT molecular complexity index is 946. The number of hydrogen-bond acceptors (Lipinski definition) is 2. The van der Waals surface area contributed by atoms with Crippen molar-refractivity contribution in [3.63, 3.8) is 0 Å². The van der Waals surface area contributed by atoms with Crippen LogP contribution in [-0.2, 0) is 6.42 Å². The predicted molar refractivity (Wildman–Crippen MR) is 114 cm³/mol. The van der Waals surface area contributed by atoms with E-state index < -0.39 is 0 Å². The van der Waals surface area contributed by atoms with Gasteiger partial charge in [0.05, 0.1) is 17.8 Å². The summed E-state index contributed by atoms with van der Waals surface area (Å²) in [6.07, 6.45) is 2.87. The summed E-state index contributed by atoms with van der Waals surface area (Å²) in [5.41, 5.74) is 6.99. The highest BCUT2D eigenvalue weighted by molar-refractivity contribution is 7.80. The van der Waals surface area contributed by atoms with E-state index in [2.05, 4.69) is 77.4 Å². The Hall–Kier alpha value is -2.66. The third-order valence-corrected chi connectivity index (χ3v) is 5.54. The zero-order chi connectivity index (χ0) is 19.0. The van der Waals surface area contributed by atoms with Gasteiger partial charge in [-0.1, -0.05) is 25.1 Å². The lowest BCUT2D eigenvalue weighted by Crippen LogP contribution is -2.29. The van der Waals surface area contributed by atoms with Crippen LogP contribution in [0.2, 0.25) is 0 Å². The van der Waals surface area contributed by atoms with Crippen LogP contribution in [-0.4, -0.2) is 15.1 Å². The minimum atomic E-state index is -0.00143. The first-order valence-corrected chi connectivity index (χ1v) is 9.75. The van der Waals surface area contributed by atoms with E-state index in [4.69, 9.17) is 12.2 Å². The third-order valence-electron chi connectivity index (χ3n) is 5.23. The van der Waals surface area contributed by atoms with Crippen LogP contribution in [0, 0.1) is 13.8 Å². The van der Waals surface area contributed by atoms with Gasteiger partial charge in [-0.25, -0.2) is 0 Å². The van der Waals surface area contributed by atoms with Crippen LogP contribution in [0.25, 0.3) is 0 Å². The van der Waals surface area contributed by atoms with E-state index in [1.807, 2.05) is 18.3 Å². The Morgan fingerprint density at radius 1 is 1.11 bits per heavy atom. The fourth-order valence-electron chi connectivity index (χ4n) is 3.89. The van der Waals surface area contributed by atoms with Crippen molar-refractivity contribution in [2.75, 3.05) is 4.90 Å². The maximum absolute atomic E-state index is 5.76. The van der Waals surface area contributed by atoms with Gasteiger partial charge in [-0.2, -0.15) is 0 Å². The van der Waals surface area contributed by atoms with Crippen LogP contribution in [0.4, 0.5) is 5.69 Å². The second-order valence-corrected chi connectivity index (χ2v) is 7.44. The number of H-pyrrole nitrogens is 1. The number of benzene rings is 1. The molecule has 0 bridgehead atoms. The molecule has 0 spiro atoms. The number of aromatic amines is 1. The van der Waals surface area contributed by atoms with E-state index in [0.29, 0.717) is 0 Å². The number of pyridine rings is 1. The Balaban J connectivity index is 1.83. The van der Waals surface area contributed by atoms with Gasteiger partial charge in [0, 0.05) is 23.3 Å². The molecular formula is C22H24N4S. The number of aryl methyl sites for hydroxylation is 3. The molecule has 3 aromatic rings. The van der Waals surface area contributed by atoms with Gasteiger partial charge >= 0.3 is 0 Å². The van der Waals surface area contributed by atoms with Gasteiger partial charge in [-0.15, -0.1) is 0 Å². The highest BCUT2D eigenvalue weighted by atomic mass is 32.1. The van der Waals surface area contributed by atoms with E-state index in [-0.39, 0.29) is 12.1 Å². The topological polar surface area (TPSA) is 44.0 Å². The van der Waals surface area contributed by atoms with Gasteiger partial charge in [-0.05, 0) is 73.9 Å². The fraction of sp³-hybridized carbons (Fsp3) is 0.273. The maximum atomic E-state index is 5.76. The zero-order valence-electron chi connectivity index (χ0n) is 15.9. The van der Waals surface area contributed by atoms with Crippen LogP contribution in [0.3, 0.4) is 0 Å². The normalized spacial score (nSPS) is 19.4. The molecule has 1 aromatic carbocycles. The molecule has 1 aliphatic heterocycles. The molecule has 138 valence electrons. The van der Waals surface area contributed by atoms with Gasteiger partial charge in [-0.3, -0.25) is 4.98 Å². The molecule has 0 saturated carbocycles. The molecular weight excluding hydrogens is 352 g/mol. The van der Waals surface area contributed by atoms with E-state index >= 15 is 0 Å². The molecule has 1 fully saturated rings. The smallest absolute Gasteiger partial charge is 0.174 e. The average Bonchev–Trinajstić information content (AvgIpc) is 3.20. The van der Waals surface area contributed by atoms with Gasteiger partial charge in [0.15, 0.2) is 5.11 Å². The van der Waals surface area contributed by atoms with E-state index in [9.17, 15) is 0 Å². The van der Waals surface area contributed by atoms with Crippen molar-refractivity contribution in [3.05, 3.63) is 82.9 Å². The van der Waals surface area contributed by atoms with E-state index in [1.165, 1.54) is 16.8 Å². The van der Waals surface area contributed by atoms with Crippen LogP contribution in [0.5, 0.6) is 0 Å². The number of hydrogen-bond donors (Lipinski definition) is 2. The summed E-state index contributed by atoms with van der Waals surface area (Å²) in [5.74, 6) is 0. The van der Waals surface area contributed by atoms with E-state index in [0.717, 1.165) is 28.6 Å². The van der Waals surface area contributed by atoms with Crippen molar-refractivity contribution in [1.82, 2.24) is 15.3 Å². The predicted octanol–water partition coefficient (Wildman–Crippen LogP) is 4.77. The Kier molecular flexibility index (Phi) is 4.70. The number of nitrogens with one attached hydrogen (secondary N) is 2. The van der Waals surface area contributed by atoms with Gasteiger partial charge in [0.1, 0.15) is 0 Å². The summed E-state index contributed by atoms with van der Waals surface area (Å²) < 4.78 is 0. The summed E-state index contributed by atoms with van der Waals surface area (Å²) in [4.78, 5) is 10.3. The van der Waals surface area contributed by atoms with Crippen molar-refractivity contribution in [2.24, 2.45) is 0 Å². The number of nitrogens with zero attached hydrogens (tertiary/aromatic N) is 2. The Morgan fingerprint density at radius 2 is 1.89 bits per heavy atom. The number of thiocarbonyl (C=S) groups is 1. The first-order valence-electron chi connectivity index (χ1n) is 9.34. The van der Waals surface area contributed by atoms with Gasteiger partial charge < -0.3 is 15.2 Å². The van der Waals surface area contributed by atoms with Crippen molar-refractivity contribution in [2.45, 2.75) is 39.3 Å². The van der Waals surface area contributed by atoms with Crippen molar-refractivity contribution >= 4 is 23.0 Å². The molecule has 0 aliphatic carbocycles. The second-order valence-electron chi connectivity index (χ2n) is 7.05. The first-order chi connectivity index (χ1) is 13.1. The highest BCUT2D eigenvalue weighted by Gasteiger charge is 2.41. The lowest BCUT2D eigenvalue weighted by atomic mass is 9.96.